The quantitative estimate of drug-likeness (QED) is 0.139. The van der Waals surface area contributed by atoms with E-state index in [4.69, 9.17) is 4.74 Å². The Morgan fingerprint density at radius 1 is 0.576 bits per heavy atom. The van der Waals surface area contributed by atoms with E-state index in [9.17, 15) is 9.59 Å². The largest absolute Gasteiger partial charge is 0.423 e. The molecule has 0 aliphatic heterocycles. The van der Waals surface area contributed by atoms with Crippen LogP contribution in [0.3, 0.4) is 0 Å². The highest BCUT2D eigenvalue weighted by molar-refractivity contribution is 6.07. The number of carbonyl (C=O) groups is 2. The van der Waals surface area contributed by atoms with Gasteiger partial charge < -0.3 is 4.74 Å². The molecule has 0 fully saturated rings. The van der Waals surface area contributed by atoms with E-state index in [0.717, 1.165) is 22.3 Å². The molecule has 160 valence electrons. The van der Waals surface area contributed by atoms with Gasteiger partial charge in [0.15, 0.2) is 5.78 Å². The van der Waals surface area contributed by atoms with Crippen molar-refractivity contribution in [3.8, 4) is 16.9 Å². The summed E-state index contributed by atoms with van der Waals surface area (Å²) >= 11 is 0. The molecule has 0 saturated heterocycles. The number of hydrogen-bond donors (Lipinski definition) is 0. The third-order valence-electron chi connectivity index (χ3n) is 4.99. The van der Waals surface area contributed by atoms with Gasteiger partial charge >= 0.3 is 5.97 Å². The van der Waals surface area contributed by atoms with Gasteiger partial charge in [-0.3, -0.25) is 4.79 Å². The molecule has 0 saturated carbocycles. The highest BCUT2D eigenvalue weighted by Crippen LogP contribution is 2.20. The number of allylic oxidation sites excluding steroid dienone is 1. The fourth-order valence-corrected chi connectivity index (χ4v) is 3.29. The van der Waals surface area contributed by atoms with Crippen molar-refractivity contribution < 1.29 is 14.3 Å². The van der Waals surface area contributed by atoms with E-state index >= 15 is 0 Å². The zero-order chi connectivity index (χ0) is 22.9. The number of rotatable bonds is 7. The maximum absolute atomic E-state index is 12.6. The van der Waals surface area contributed by atoms with E-state index in [1.807, 2.05) is 91.0 Å². The summed E-state index contributed by atoms with van der Waals surface area (Å²) in [6.45, 7) is 0. The van der Waals surface area contributed by atoms with Gasteiger partial charge in [-0.15, -0.1) is 0 Å². The third kappa shape index (κ3) is 6.25. The van der Waals surface area contributed by atoms with Gasteiger partial charge in [-0.2, -0.15) is 0 Å². The second kappa shape index (κ2) is 10.7. The van der Waals surface area contributed by atoms with Crippen molar-refractivity contribution in [3.05, 3.63) is 138 Å². The number of esters is 1. The van der Waals surface area contributed by atoms with Gasteiger partial charge in [0.05, 0.1) is 0 Å². The zero-order valence-corrected chi connectivity index (χ0v) is 17.9. The number of ketones is 1. The predicted molar refractivity (Wildman–Crippen MR) is 133 cm³/mol. The molecule has 0 heterocycles. The lowest BCUT2D eigenvalue weighted by Gasteiger charge is -2.03. The fourth-order valence-electron chi connectivity index (χ4n) is 3.29. The van der Waals surface area contributed by atoms with Crippen molar-refractivity contribution in [2.45, 2.75) is 0 Å². The van der Waals surface area contributed by atoms with Crippen LogP contribution in [-0.4, -0.2) is 11.8 Å². The normalized spacial score (nSPS) is 11.0. The van der Waals surface area contributed by atoms with Crippen LogP contribution >= 0.6 is 0 Å². The monoisotopic (exact) mass is 430 g/mol. The summed E-state index contributed by atoms with van der Waals surface area (Å²) in [5.41, 5.74) is 4.46. The minimum Gasteiger partial charge on any atom is -0.423 e. The Morgan fingerprint density at radius 2 is 1.18 bits per heavy atom. The summed E-state index contributed by atoms with van der Waals surface area (Å²) in [5.74, 6) is -0.142. The Morgan fingerprint density at radius 3 is 1.91 bits per heavy atom. The molecular weight excluding hydrogens is 408 g/mol. The minimum atomic E-state index is -0.463. The number of carbonyl (C=O) groups excluding carboxylic acids is 2. The van der Waals surface area contributed by atoms with Gasteiger partial charge in [0, 0.05) is 11.6 Å². The first-order valence-electron chi connectivity index (χ1n) is 10.6. The van der Waals surface area contributed by atoms with Crippen LogP contribution in [0.4, 0.5) is 0 Å². The molecule has 4 rings (SSSR count). The summed E-state index contributed by atoms with van der Waals surface area (Å²) in [6, 6.07) is 34.1. The van der Waals surface area contributed by atoms with E-state index in [1.165, 1.54) is 12.2 Å². The molecule has 0 radical (unpaired) electrons. The first kappa shape index (κ1) is 21.7. The van der Waals surface area contributed by atoms with Crippen molar-refractivity contribution in [2.75, 3.05) is 0 Å². The van der Waals surface area contributed by atoms with Crippen LogP contribution < -0.4 is 4.74 Å². The highest BCUT2D eigenvalue weighted by atomic mass is 16.5. The summed E-state index contributed by atoms with van der Waals surface area (Å²) in [7, 11) is 0. The highest BCUT2D eigenvalue weighted by Gasteiger charge is 2.04. The fraction of sp³-hybridized carbons (Fsp3) is 0. The molecule has 0 amide bonds. The van der Waals surface area contributed by atoms with E-state index in [0.29, 0.717) is 11.3 Å². The van der Waals surface area contributed by atoms with Crippen molar-refractivity contribution in [3.63, 3.8) is 0 Å². The van der Waals surface area contributed by atoms with E-state index < -0.39 is 5.97 Å². The maximum Gasteiger partial charge on any atom is 0.336 e. The molecule has 0 spiro atoms. The zero-order valence-electron chi connectivity index (χ0n) is 17.9. The van der Waals surface area contributed by atoms with E-state index in [1.54, 1.807) is 30.4 Å². The lowest BCUT2D eigenvalue weighted by molar-refractivity contribution is -0.128. The molecular formula is C30H22O3. The van der Waals surface area contributed by atoms with Crippen LogP contribution in [-0.2, 0) is 4.79 Å². The van der Waals surface area contributed by atoms with Crippen LogP contribution in [0.5, 0.6) is 5.75 Å². The maximum atomic E-state index is 12.6. The predicted octanol–water partition coefficient (Wildman–Crippen LogP) is 6.87. The Labute approximate surface area is 193 Å². The molecule has 3 heteroatoms. The van der Waals surface area contributed by atoms with Crippen molar-refractivity contribution >= 4 is 23.9 Å². The molecule has 0 aliphatic carbocycles. The first-order valence-corrected chi connectivity index (χ1v) is 10.6. The van der Waals surface area contributed by atoms with Gasteiger partial charge in [0.1, 0.15) is 5.75 Å². The third-order valence-corrected chi connectivity index (χ3v) is 4.99. The smallest absolute Gasteiger partial charge is 0.336 e. The molecule has 4 aromatic rings. The van der Waals surface area contributed by atoms with Crippen molar-refractivity contribution in [1.82, 2.24) is 0 Å². The van der Waals surface area contributed by atoms with Crippen molar-refractivity contribution in [1.29, 1.82) is 0 Å². The van der Waals surface area contributed by atoms with Gasteiger partial charge in [0.2, 0.25) is 0 Å². The Balaban J connectivity index is 1.38. The van der Waals surface area contributed by atoms with Gasteiger partial charge in [-0.25, -0.2) is 4.79 Å². The molecule has 3 nitrogen and oxygen atoms in total. The molecule has 4 aromatic carbocycles. The van der Waals surface area contributed by atoms with Gasteiger partial charge in [0.25, 0.3) is 0 Å². The summed E-state index contributed by atoms with van der Waals surface area (Å²) < 4.78 is 5.38. The van der Waals surface area contributed by atoms with Gasteiger partial charge in [-0.1, -0.05) is 103 Å². The standard InChI is InChI=1S/C30H22O3/c31-29(27-18-16-26(17-19-27)25-11-5-2-6-12-25)20-14-24-10-7-13-28(22-24)33-30(32)21-15-23-8-3-1-4-9-23/h1-22H/b20-14+,21-15+. The number of hydrogen-bond acceptors (Lipinski definition) is 3. The van der Waals surface area contributed by atoms with E-state index in [-0.39, 0.29) is 5.78 Å². The van der Waals surface area contributed by atoms with Crippen LogP contribution in [0.15, 0.2) is 121 Å². The summed E-state index contributed by atoms with van der Waals surface area (Å²) in [6.07, 6.45) is 6.33. The summed E-state index contributed by atoms with van der Waals surface area (Å²) in [5, 5.41) is 0. The average Bonchev–Trinajstić information content (AvgIpc) is 2.87. The average molecular weight is 431 g/mol. The number of benzene rings is 4. The molecule has 33 heavy (non-hydrogen) atoms. The molecule has 0 aliphatic rings. The van der Waals surface area contributed by atoms with Gasteiger partial charge in [-0.05, 0) is 46.5 Å². The SMILES string of the molecule is O=C(/C=C/c1ccccc1)Oc1cccc(/C=C/C(=O)c2ccc(-c3ccccc3)cc2)c1. The molecule has 0 unspecified atom stereocenters. The Kier molecular flexibility index (Phi) is 7.04. The van der Waals surface area contributed by atoms with Crippen LogP contribution in [0, 0.1) is 0 Å². The second-order valence-corrected chi connectivity index (χ2v) is 7.38. The number of ether oxygens (including phenoxy) is 1. The van der Waals surface area contributed by atoms with Crippen LogP contribution in [0.2, 0.25) is 0 Å². The Bertz CT molecular complexity index is 1290. The molecule has 0 aromatic heterocycles. The van der Waals surface area contributed by atoms with Crippen LogP contribution in [0.25, 0.3) is 23.3 Å². The lowest BCUT2D eigenvalue weighted by Crippen LogP contribution is -2.03. The molecule has 0 atom stereocenters. The summed E-state index contributed by atoms with van der Waals surface area (Å²) in [4.78, 5) is 24.7. The van der Waals surface area contributed by atoms with Crippen LogP contribution in [0.1, 0.15) is 21.5 Å². The van der Waals surface area contributed by atoms with E-state index in [2.05, 4.69) is 0 Å². The first-order chi connectivity index (χ1) is 16.2. The lowest BCUT2D eigenvalue weighted by atomic mass is 10.0. The molecule has 0 bridgehead atoms. The second-order valence-electron chi connectivity index (χ2n) is 7.38. The van der Waals surface area contributed by atoms with Crippen molar-refractivity contribution in [2.24, 2.45) is 0 Å². The minimum absolute atomic E-state index is 0.0946. The molecule has 0 N–H and O–H groups in total. The Hall–Kier alpha value is -4.50. The topological polar surface area (TPSA) is 43.4 Å².